The smallest absolute Gasteiger partial charge is 0.145 e. The highest BCUT2D eigenvalue weighted by Crippen LogP contribution is 2.03. The monoisotopic (exact) mass is 288 g/mol. The first-order chi connectivity index (χ1) is 10.0. The summed E-state index contributed by atoms with van der Waals surface area (Å²) in [5, 5.41) is 0. The molecule has 2 heteroatoms. The third kappa shape index (κ3) is 9.83. The van der Waals surface area contributed by atoms with Gasteiger partial charge in [-0.2, -0.15) is 0 Å². The van der Waals surface area contributed by atoms with Gasteiger partial charge >= 0.3 is 0 Å². The number of hydrogen-bond donors (Lipinski definition) is 0. The maximum Gasteiger partial charge on any atom is 0.145 e. The van der Waals surface area contributed by atoms with Crippen LogP contribution in [0.5, 0.6) is 0 Å². The standard InChI is InChI=1S/2C8H10.C3H8O2/c2*1-7-5-3-4-6-8(7)2;1-4-3-5-2/h2*3-6H,1-2H3;3H2,1-2H3. The molecule has 0 bridgehead atoms. The SMILES string of the molecule is COCOC.Cc1ccccc1C.Cc1ccccc1C. The van der Waals surface area contributed by atoms with Crippen molar-refractivity contribution in [1.82, 2.24) is 0 Å². The van der Waals surface area contributed by atoms with Crippen molar-refractivity contribution >= 4 is 0 Å². The van der Waals surface area contributed by atoms with E-state index in [1.54, 1.807) is 14.2 Å². The van der Waals surface area contributed by atoms with Crippen molar-refractivity contribution in [3.63, 3.8) is 0 Å². The Hall–Kier alpha value is -1.64. The number of aryl methyl sites for hydroxylation is 4. The van der Waals surface area contributed by atoms with Crippen LogP contribution < -0.4 is 0 Å². The van der Waals surface area contributed by atoms with E-state index in [9.17, 15) is 0 Å². The van der Waals surface area contributed by atoms with Crippen LogP contribution in [-0.2, 0) is 9.47 Å². The van der Waals surface area contributed by atoms with Crippen molar-refractivity contribution in [3.05, 3.63) is 70.8 Å². The highest BCUT2D eigenvalue weighted by atomic mass is 16.6. The lowest BCUT2D eigenvalue weighted by Gasteiger charge is -1.93. The van der Waals surface area contributed by atoms with E-state index >= 15 is 0 Å². The third-order valence-electron chi connectivity index (χ3n) is 3.09. The first kappa shape index (κ1) is 19.4. The highest BCUT2D eigenvalue weighted by Gasteiger charge is 1.84. The lowest BCUT2D eigenvalue weighted by Crippen LogP contribution is -1.87. The summed E-state index contributed by atoms with van der Waals surface area (Å²) in [5.74, 6) is 0. The molecule has 0 radical (unpaired) electrons. The molecule has 0 unspecified atom stereocenters. The number of benzene rings is 2. The van der Waals surface area contributed by atoms with Crippen LogP contribution in [0.2, 0.25) is 0 Å². The van der Waals surface area contributed by atoms with Gasteiger partial charge in [0.05, 0.1) is 0 Å². The molecule has 0 aliphatic heterocycles. The van der Waals surface area contributed by atoms with E-state index in [1.165, 1.54) is 22.3 Å². The van der Waals surface area contributed by atoms with Crippen LogP contribution in [0, 0.1) is 27.7 Å². The Morgan fingerprint density at radius 2 is 0.810 bits per heavy atom. The van der Waals surface area contributed by atoms with Crippen molar-refractivity contribution in [2.45, 2.75) is 27.7 Å². The zero-order valence-electron chi connectivity index (χ0n) is 14.1. The van der Waals surface area contributed by atoms with Gasteiger partial charge in [-0.15, -0.1) is 0 Å². The summed E-state index contributed by atoms with van der Waals surface area (Å²) in [7, 11) is 3.17. The summed E-state index contributed by atoms with van der Waals surface area (Å²) in [6.07, 6.45) is 0. The average Bonchev–Trinajstić information content (AvgIpc) is 2.48. The van der Waals surface area contributed by atoms with Gasteiger partial charge in [-0.25, -0.2) is 0 Å². The summed E-state index contributed by atoms with van der Waals surface area (Å²) in [6.45, 7) is 8.87. The largest absolute Gasteiger partial charge is 0.359 e. The van der Waals surface area contributed by atoms with E-state index in [0.717, 1.165) is 0 Å². The molecule has 116 valence electrons. The maximum atomic E-state index is 4.47. The van der Waals surface area contributed by atoms with Gasteiger partial charge in [-0.05, 0) is 49.9 Å². The minimum absolute atomic E-state index is 0.389. The second kappa shape index (κ2) is 12.1. The Labute approximate surface area is 129 Å². The van der Waals surface area contributed by atoms with E-state index in [2.05, 4.69) is 85.7 Å². The summed E-state index contributed by atoms with van der Waals surface area (Å²) in [5.41, 5.74) is 5.47. The van der Waals surface area contributed by atoms with Gasteiger partial charge in [-0.3, -0.25) is 0 Å². The van der Waals surface area contributed by atoms with Gasteiger partial charge in [0.2, 0.25) is 0 Å². The van der Waals surface area contributed by atoms with Crippen LogP contribution in [0.3, 0.4) is 0 Å². The second-order valence-electron chi connectivity index (χ2n) is 4.86. The Morgan fingerprint density at radius 3 is 0.905 bits per heavy atom. The van der Waals surface area contributed by atoms with Gasteiger partial charge in [0.15, 0.2) is 0 Å². The van der Waals surface area contributed by atoms with Crippen LogP contribution in [0.25, 0.3) is 0 Å². The van der Waals surface area contributed by atoms with Gasteiger partial charge in [0, 0.05) is 14.2 Å². The van der Waals surface area contributed by atoms with E-state index in [1.807, 2.05) is 0 Å². The predicted octanol–water partition coefficient (Wildman–Crippen LogP) is 4.84. The topological polar surface area (TPSA) is 18.5 Å². The molecule has 0 N–H and O–H groups in total. The molecule has 0 saturated carbocycles. The molecule has 2 rings (SSSR count). The fourth-order valence-electron chi connectivity index (χ4n) is 1.44. The zero-order chi connectivity index (χ0) is 16.1. The molecule has 2 nitrogen and oxygen atoms in total. The van der Waals surface area contributed by atoms with Crippen LogP contribution >= 0.6 is 0 Å². The maximum absolute atomic E-state index is 4.47. The van der Waals surface area contributed by atoms with Crippen LogP contribution in [0.1, 0.15) is 22.3 Å². The number of hydrogen-bond acceptors (Lipinski definition) is 2. The van der Waals surface area contributed by atoms with E-state index in [4.69, 9.17) is 0 Å². The molecular formula is C19H28O2. The van der Waals surface area contributed by atoms with Gasteiger partial charge in [0.25, 0.3) is 0 Å². The van der Waals surface area contributed by atoms with Gasteiger partial charge < -0.3 is 9.47 Å². The van der Waals surface area contributed by atoms with Crippen LogP contribution in [0.4, 0.5) is 0 Å². The van der Waals surface area contributed by atoms with Crippen LogP contribution in [-0.4, -0.2) is 21.0 Å². The molecule has 0 aromatic heterocycles. The minimum atomic E-state index is 0.389. The third-order valence-corrected chi connectivity index (χ3v) is 3.09. The van der Waals surface area contributed by atoms with Crippen molar-refractivity contribution in [2.75, 3.05) is 21.0 Å². The molecular weight excluding hydrogens is 260 g/mol. The fourth-order valence-corrected chi connectivity index (χ4v) is 1.44. The zero-order valence-corrected chi connectivity index (χ0v) is 14.1. The Balaban J connectivity index is 0.000000296. The molecule has 0 fully saturated rings. The summed E-state index contributed by atoms with van der Waals surface area (Å²) in [6, 6.07) is 16.7. The van der Waals surface area contributed by atoms with Crippen molar-refractivity contribution in [1.29, 1.82) is 0 Å². The average molecular weight is 288 g/mol. The summed E-state index contributed by atoms with van der Waals surface area (Å²) >= 11 is 0. The van der Waals surface area contributed by atoms with Gasteiger partial charge in [0.1, 0.15) is 6.79 Å². The predicted molar refractivity (Wildman–Crippen MR) is 90.7 cm³/mol. The minimum Gasteiger partial charge on any atom is -0.359 e. The molecule has 21 heavy (non-hydrogen) atoms. The lowest BCUT2D eigenvalue weighted by molar-refractivity contribution is -0.00271. The molecule has 2 aromatic carbocycles. The molecule has 0 atom stereocenters. The number of rotatable bonds is 2. The van der Waals surface area contributed by atoms with Crippen molar-refractivity contribution < 1.29 is 9.47 Å². The highest BCUT2D eigenvalue weighted by molar-refractivity contribution is 5.23. The Bertz CT molecular complexity index is 405. The second-order valence-corrected chi connectivity index (χ2v) is 4.86. The summed E-state index contributed by atoms with van der Waals surface area (Å²) in [4.78, 5) is 0. The summed E-state index contributed by atoms with van der Waals surface area (Å²) < 4.78 is 8.94. The first-order valence-corrected chi connectivity index (χ1v) is 7.05. The normalized spacial score (nSPS) is 9.05. The number of ether oxygens (including phenoxy) is 2. The quantitative estimate of drug-likeness (QED) is 0.736. The Kier molecular flexibility index (Phi) is 11.2. The fraction of sp³-hybridized carbons (Fsp3) is 0.368. The molecule has 2 aromatic rings. The number of methoxy groups -OCH3 is 2. The molecule has 0 spiro atoms. The van der Waals surface area contributed by atoms with E-state index < -0.39 is 0 Å². The van der Waals surface area contributed by atoms with Crippen molar-refractivity contribution in [2.24, 2.45) is 0 Å². The molecule has 0 aliphatic carbocycles. The molecule has 0 saturated heterocycles. The Morgan fingerprint density at radius 1 is 0.571 bits per heavy atom. The molecule has 0 heterocycles. The van der Waals surface area contributed by atoms with E-state index in [-0.39, 0.29) is 0 Å². The molecule has 0 amide bonds. The first-order valence-electron chi connectivity index (χ1n) is 7.05. The lowest BCUT2D eigenvalue weighted by atomic mass is 10.1. The van der Waals surface area contributed by atoms with Crippen molar-refractivity contribution in [3.8, 4) is 0 Å². The van der Waals surface area contributed by atoms with Crippen LogP contribution in [0.15, 0.2) is 48.5 Å². The molecule has 0 aliphatic rings. The van der Waals surface area contributed by atoms with E-state index in [0.29, 0.717) is 6.79 Å². The van der Waals surface area contributed by atoms with Gasteiger partial charge in [-0.1, -0.05) is 48.5 Å².